The molecule has 0 saturated heterocycles. The Morgan fingerprint density at radius 1 is 1.38 bits per heavy atom. The second kappa shape index (κ2) is 3.63. The summed E-state index contributed by atoms with van der Waals surface area (Å²) in [5, 5.41) is 10.2. The Kier molecular flexibility index (Phi) is 2.13. The number of halogens is 1. The zero-order chi connectivity index (χ0) is 11.0. The SMILES string of the molecule is Fc1ccc2c(c1)CCC(c1cn[nH]c1)N2. The predicted octanol–water partition coefficient (Wildman–Crippen LogP) is 2.65. The highest BCUT2D eigenvalue weighted by Gasteiger charge is 2.19. The zero-order valence-corrected chi connectivity index (χ0v) is 8.70. The first-order valence-electron chi connectivity index (χ1n) is 5.36. The van der Waals surface area contributed by atoms with Crippen molar-refractivity contribution in [3.8, 4) is 0 Å². The summed E-state index contributed by atoms with van der Waals surface area (Å²) in [6.07, 6.45) is 5.59. The van der Waals surface area contributed by atoms with E-state index in [1.54, 1.807) is 12.1 Å². The Balaban J connectivity index is 1.89. The van der Waals surface area contributed by atoms with Gasteiger partial charge in [0.2, 0.25) is 0 Å². The second-order valence-electron chi connectivity index (χ2n) is 4.07. The standard InChI is InChI=1S/C12H12FN3/c13-10-2-4-11-8(5-10)1-3-12(16-11)9-6-14-15-7-9/h2,4-7,12,16H,1,3H2,(H,14,15). The van der Waals surface area contributed by atoms with Crippen molar-refractivity contribution in [1.29, 1.82) is 0 Å². The normalized spacial score (nSPS) is 18.9. The van der Waals surface area contributed by atoms with Gasteiger partial charge in [-0.3, -0.25) is 5.10 Å². The van der Waals surface area contributed by atoms with Crippen LogP contribution < -0.4 is 5.32 Å². The van der Waals surface area contributed by atoms with Crippen molar-refractivity contribution in [2.75, 3.05) is 5.32 Å². The minimum Gasteiger partial charge on any atom is -0.378 e. The molecule has 2 heterocycles. The molecule has 0 radical (unpaired) electrons. The Morgan fingerprint density at radius 3 is 3.12 bits per heavy atom. The molecule has 2 aromatic rings. The van der Waals surface area contributed by atoms with Crippen molar-refractivity contribution in [1.82, 2.24) is 10.2 Å². The number of fused-ring (bicyclic) bond motifs is 1. The fourth-order valence-corrected chi connectivity index (χ4v) is 2.17. The van der Waals surface area contributed by atoms with Crippen LogP contribution in [0.5, 0.6) is 0 Å². The van der Waals surface area contributed by atoms with Crippen molar-refractivity contribution in [2.45, 2.75) is 18.9 Å². The predicted molar refractivity (Wildman–Crippen MR) is 59.7 cm³/mol. The third-order valence-corrected chi connectivity index (χ3v) is 3.02. The molecule has 1 aromatic carbocycles. The highest BCUT2D eigenvalue weighted by molar-refractivity contribution is 5.54. The minimum atomic E-state index is -0.165. The van der Waals surface area contributed by atoms with Crippen LogP contribution in [0.1, 0.15) is 23.6 Å². The van der Waals surface area contributed by atoms with E-state index in [9.17, 15) is 4.39 Å². The largest absolute Gasteiger partial charge is 0.378 e. The van der Waals surface area contributed by atoms with Gasteiger partial charge in [-0.2, -0.15) is 5.10 Å². The number of benzene rings is 1. The topological polar surface area (TPSA) is 40.7 Å². The molecule has 4 heteroatoms. The summed E-state index contributed by atoms with van der Waals surface area (Å²) >= 11 is 0. The molecule has 1 atom stereocenters. The quantitative estimate of drug-likeness (QED) is 0.771. The summed E-state index contributed by atoms with van der Waals surface area (Å²) in [4.78, 5) is 0. The van der Waals surface area contributed by atoms with Gasteiger partial charge in [0.25, 0.3) is 0 Å². The number of anilines is 1. The molecule has 0 bridgehead atoms. The van der Waals surface area contributed by atoms with Crippen molar-refractivity contribution < 1.29 is 4.39 Å². The molecule has 1 aromatic heterocycles. The molecule has 1 unspecified atom stereocenters. The number of hydrogen-bond acceptors (Lipinski definition) is 2. The molecule has 16 heavy (non-hydrogen) atoms. The van der Waals surface area contributed by atoms with Crippen LogP contribution in [0.2, 0.25) is 0 Å². The van der Waals surface area contributed by atoms with Crippen molar-refractivity contribution in [2.24, 2.45) is 0 Å². The summed E-state index contributed by atoms with van der Waals surface area (Å²) in [6.45, 7) is 0. The molecule has 0 fully saturated rings. The molecule has 0 aliphatic carbocycles. The third-order valence-electron chi connectivity index (χ3n) is 3.02. The number of aryl methyl sites for hydroxylation is 1. The molecular formula is C12H12FN3. The smallest absolute Gasteiger partial charge is 0.123 e. The van der Waals surface area contributed by atoms with Crippen molar-refractivity contribution in [3.05, 3.63) is 47.5 Å². The van der Waals surface area contributed by atoms with E-state index in [1.807, 2.05) is 12.4 Å². The van der Waals surface area contributed by atoms with Gasteiger partial charge in [0.1, 0.15) is 5.82 Å². The molecule has 82 valence electrons. The van der Waals surface area contributed by atoms with Gasteiger partial charge in [-0.15, -0.1) is 0 Å². The van der Waals surface area contributed by atoms with E-state index < -0.39 is 0 Å². The van der Waals surface area contributed by atoms with Gasteiger partial charge >= 0.3 is 0 Å². The van der Waals surface area contributed by atoms with Crippen LogP contribution in [0.15, 0.2) is 30.6 Å². The van der Waals surface area contributed by atoms with Gasteiger partial charge in [-0.1, -0.05) is 0 Å². The van der Waals surface area contributed by atoms with Gasteiger partial charge in [-0.05, 0) is 36.6 Å². The van der Waals surface area contributed by atoms with E-state index >= 15 is 0 Å². The third kappa shape index (κ3) is 1.56. The number of aromatic nitrogens is 2. The summed E-state index contributed by atoms with van der Waals surface area (Å²) < 4.78 is 13.0. The molecule has 1 aliphatic heterocycles. The molecular weight excluding hydrogens is 205 g/mol. The van der Waals surface area contributed by atoms with E-state index in [0.29, 0.717) is 0 Å². The zero-order valence-electron chi connectivity index (χ0n) is 8.70. The van der Waals surface area contributed by atoms with Gasteiger partial charge in [0, 0.05) is 17.4 Å². The molecule has 1 aliphatic rings. The first-order valence-corrected chi connectivity index (χ1v) is 5.36. The summed E-state index contributed by atoms with van der Waals surface area (Å²) in [5.74, 6) is -0.165. The van der Waals surface area contributed by atoms with Gasteiger partial charge < -0.3 is 5.32 Å². The Morgan fingerprint density at radius 2 is 2.31 bits per heavy atom. The Bertz CT molecular complexity index is 493. The van der Waals surface area contributed by atoms with Crippen LogP contribution in [0.25, 0.3) is 0 Å². The van der Waals surface area contributed by atoms with Crippen LogP contribution in [-0.4, -0.2) is 10.2 Å². The number of rotatable bonds is 1. The molecule has 2 N–H and O–H groups in total. The van der Waals surface area contributed by atoms with Crippen LogP contribution in [0, 0.1) is 5.82 Å². The first kappa shape index (κ1) is 9.39. The lowest BCUT2D eigenvalue weighted by atomic mass is 9.95. The number of aromatic amines is 1. The number of nitrogens with zero attached hydrogens (tertiary/aromatic N) is 1. The van der Waals surface area contributed by atoms with E-state index in [0.717, 1.165) is 29.7 Å². The maximum Gasteiger partial charge on any atom is 0.123 e. The van der Waals surface area contributed by atoms with E-state index in [1.165, 1.54) is 6.07 Å². The lowest BCUT2D eigenvalue weighted by Crippen LogP contribution is -2.17. The summed E-state index contributed by atoms with van der Waals surface area (Å²) in [7, 11) is 0. The summed E-state index contributed by atoms with van der Waals surface area (Å²) in [5.41, 5.74) is 3.23. The summed E-state index contributed by atoms with van der Waals surface area (Å²) in [6, 6.07) is 5.17. The maximum atomic E-state index is 13.0. The van der Waals surface area contributed by atoms with E-state index in [4.69, 9.17) is 0 Å². The van der Waals surface area contributed by atoms with Crippen molar-refractivity contribution in [3.63, 3.8) is 0 Å². The fraction of sp³-hybridized carbons (Fsp3) is 0.250. The highest BCUT2D eigenvalue weighted by Crippen LogP contribution is 2.32. The molecule has 3 rings (SSSR count). The van der Waals surface area contributed by atoms with Crippen molar-refractivity contribution >= 4 is 5.69 Å². The van der Waals surface area contributed by atoms with Gasteiger partial charge in [0.15, 0.2) is 0 Å². The average Bonchev–Trinajstić information content (AvgIpc) is 2.82. The first-order chi connectivity index (χ1) is 7.83. The highest BCUT2D eigenvalue weighted by atomic mass is 19.1. The fourth-order valence-electron chi connectivity index (χ4n) is 2.17. The van der Waals surface area contributed by atoms with E-state index in [-0.39, 0.29) is 11.9 Å². The van der Waals surface area contributed by atoms with Crippen LogP contribution in [0.4, 0.5) is 10.1 Å². The lowest BCUT2D eigenvalue weighted by molar-refractivity contribution is 0.616. The molecule has 0 amide bonds. The molecule has 0 spiro atoms. The van der Waals surface area contributed by atoms with Gasteiger partial charge in [0.05, 0.1) is 12.2 Å². The van der Waals surface area contributed by atoms with Crippen LogP contribution in [0.3, 0.4) is 0 Å². The maximum absolute atomic E-state index is 13.0. The Hall–Kier alpha value is -1.84. The van der Waals surface area contributed by atoms with Crippen LogP contribution >= 0.6 is 0 Å². The second-order valence-corrected chi connectivity index (χ2v) is 4.07. The lowest BCUT2D eigenvalue weighted by Gasteiger charge is -2.26. The average molecular weight is 217 g/mol. The monoisotopic (exact) mass is 217 g/mol. The number of hydrogen-bond donors (Lipinski definition) is 2. The molecule has 0 saturated carbocycles. The Labute approximate surface area is 92.7 Å². The van der Waals surface area contributed by atoms with Crippen LogP contribution in [-0.2, 0) is 6.42 Å². The molecule has 3 nitrogen and oxygen atoms in total. The number of H-pyrrole nitrogens is 1. The number of nitrogens with one attached hydrogen (secondary N) is 2. The minimum absolute atomic E-state index is 0.165. The van der Waals surface area contributed by atoms with E-state index in [2.05, 4.69) is 15.5 Å². The van der Waals surface area contributed by atoms with Gasteiger partial charge in [-0.25, -0.2) is 4.39 Å².